The number of Topliss-reactive ketones (excluding diaryl/α,β-unsaturated/α-hetero) is 1. The van der Waals surface area contributed by atoms with Crippen LogP contribution in [0.2, 0.25) is 0 Å². The van der Waals surface area contributed by atoms with E-state index in [4.69, 9.17) is 10.00 Å². The fourth-order valence-corrected chi connectivity index (χ4v) is 2.12. The number of ketones is 1. The van der Waals surface area contributed by atoms with Crippen LogP contribution in [0.25, 0.3) is 0 Å². The smallest absolute Gasteiger partial charge is 0.262 e. The molecule has 0 unspecified atom stereocenters. The lowest BCUT2D eigenvalue weighted by Gasteiger charge is -2.13. The minimum Gasteiger partial charge on any atom is -0.482 e. The number of nitrogens with zero attached hydrogens (tertiary/aromatic N) is 1. The molecule has 7 nitrogen and oxygen atoms in total. The van der Waals surface area contributed by atoms with Crippen LogP contribution in [-0.4, -0.2) is 24.2 Å². The third kappa shape index (κ3) is 5.18. The molecule has 0 fully saturated rings. The molecule has 0 aromatic heterocycles. The highest BCUT2D eigenvalue weighted by Gasteiger charge is 2.11. The average Bonchev–Trinajstić information content (AvgIpc) is 2.61. The van der Waals surface area contributed by atoms with Crippen LogP contribution in [0.3, 0.4) is 0 Å². The molecule has 0 saturated heterocycles. The monoisotopic (exact) mass is 351 g/mol. The van der Waals surface area contributed by atoms with Gasteiger partial charge in [-0.05, 0) is 49.4 Å². The molecule has 2 N–H and O–H groups in total. The highest BCUT2D eigenvalue weighted by atomic mass is 16.5. The van der Waals surface area contributed by atoms with E-state index in [0.29, 0.717) is 22.5 Å². The highest BCUT2D eigenvalue weighted by molar-refractivity contribution is 5.97. The van der Waals surface area contributed by atoms with Gasteiger partial charge in [-0.3, -0.25) is 14.4 Å². The average molecular weight is 351 g/mol. The molecule has 0 atom stereocenters. The molecule has 2 aromatic carbocycles. The SMILES string of the molecule is CC(=O)Nc1ccc(C(C)=O)cc1OCC(=O)Nc1ccc(C#N)cc1. The largest absolute Gasteiger partial charge is 0.482 e. The number of anilines is 2. The summed E-state index contributed by atoms with van der Waals surface area (Å²) in [5, 5.41) is 14.0. The lowest BCUT2D eigenvalue weighted by molar-refractivity contribution is -0.118. The van der Waals surface area contributed by atoms with E-state index in [-0.39, 0.29) is 24.0 Å². The molecule has 0 heterocycles. The molecule has 0 aliphatic carbocycles. The van der Waals surface area contributed by atoms with Crippen LogP contribution in [0.1, 0.15) is 29.8 Å². The zero-order chi connectivity index (χ0) is 19.1. The summed E-state index contributed by atoms with van der Waals surface area (Å²) >= 11 is 0. The highest BCUT2D eigenvalue weighted by Crippen LogP contribution is 2.26. The summed E-state index contributed by atoms with van der Waals surface area (Å²) in [6.45, 7) is 2.45. The number of hydrogen-bond acceptors (Lipinski definition) is 5. The number of carbonyl (C=O) groups excluding carboxylic acids is 3. The fourth-order valence-electron chi connectivity index (χ4n) is 2.12. The molecule has 26 heavy (non-hydrogen) atoms. The zero-order valence-corrected chi connectivity index (χ0v) is 14.3. The van der Waals surface area contributed by atoms with Crippen molar-refractivity contribution < 1.29 is 19.1 Å². The van der Waals surface area contributed by atoms with E-state index in [2.05, 4.69) is 10.6 Å². The Balaban J connectivity index is 2.07. The molecular formula is C19H17N3O4. The summed E-state index contributed by atoms with van der Waals surface area (Å²) in [5.74, 6) is -0.654. The van der Waals surface area contributed by atoms with E-state index in [1.165, 1.54) is 19.9 Å². The van der Waals surface area contributed by atoms with Gasteiger partial charge in [0.05, 0.1) is 17.3 Å². The van der Waals surface area contributed by atoms with Crippen molar-refractivity contribution in [3.8, 4) is 11.8 Å². The van der Waals surface area contributed by atoms with E-state index < -0.39 is 5.91 Å². The van der Waals surface area contributed by atoms with Gasteiger partial charge in [-0.25, -0.2) is 0 Å². The number of hydrogen-bond donors (Lipinski definition) is 2. The van der Waals surface area contributed by atoms with Gasteiger partial charge in [-0.15, -0.1) is 0 Å². The molecule has 2 amide bonds. The van der Waals surface area contributed by atoms with E-state index in [0.717, 1.165) is 0 Å². The van der Waals surface area contributed by atoms with Crippen LogP contribution in [-0.2, 0) is 9.59 Å². The normalized spacial score (nSPS) is 9.73. The Morgan fingerprint density at radius 3 is 2.31 bits per heavy atom. The lowest BCUT2D eigenvalue weighted by Crippen LogP contribution is -2.21. The fraction of sp³-hybridized carbons (Fsp3) is 0.158. The number of benzene rings is 2. The first-order chi connectivity index (χ1) is 12.4. The molecule has 2 rings (SSSR count). The van der Waals surface area contributed by atoms with Gasteiger partial charge in [0, 0.05) is 18.2 Å². The molecule has 0 saturated carbocycles. The maximum Gasteiger partial charge on any atom is 0.262 e. The van der Waals surface area contributed by atoms with Crippen molar-refractivity contribution in [1.29, 1.82) is 5.26 Å². The van der Waals surface area contributed by atoms with Crippen LogP contribution < -0.4 is 15.4 Å². The molecular weight excluding hydrogens is 334 g/mol. The first kappa shape index (κ1) is 18.7. The Morgan fingerprint density at radius 1 is 1.04 bits per heavy atom. The van der Waals surface area contributed by atoms with Gasteiger partial charge in [-0.1, -0.05) is 0 Å². The number of amides is 2. The second kappa shape index (κ2) is 8.44. The number of carbonyl (C=O) groups is 3. The standard InChI is InChI=1S/C19H17N3O4/c1-12(23)15-5-8-17(21-13(2)24)18(9-15)26-11-19(25)22-16-6-3-14(10-20)4-7-16/h3-9H,11H2,1-2H3,(H,21,24)(H,22,25). The van der Waals surface area contributed by atoms with E-state index >= 15 is 0 Å². The van der Waals surface area contributed by atoms with Gasteiger partial charge in [0.15, 0.2) is 12.4 Å². The zero-order valence-electron chi connectivity index (χ0n) is 14.3. The quantitative estimate of drug-likeness (QED) is 0.778. The number of nitrogens with one attached hydrogen (secondary N) is 2. The van der Waals surface area contributed by atoms with Crippen LogP contribution in [0.15, 0.2) is 42.5 Å². The molecule has 0 radical (unpaired) electrons. The number of nitriles is 1. The minimum atomic E-state index is -0.420. The van der Waals surface area contributed by atoms with E-state index in [9.17, 15) is 14.4 Å². The summed E-state index contributed by atoms with van der Waals surface area (Å²) in [6, 6.07) is 13.0. The van der Waals surface area contributed by atoms with Crippen molar-refractivity contribution >= 4 is 29.0 Å². The van der Waals surface area contributed by atoms with Crippen LogP contribution in [0.4, 0.5) is 11.4 Å². The predicted molar refractivity (Wildman–Crippen MR) is 96.0 cm³/mol. The van der Waals surface area contributed by atoms with Gasteiger partial charge < -0.3 is 15.4 Å². The van der Waals surface area contributed by atoms with Crippen molar-refractivity contribution in [2.75, 3.05) is 17.2 Å². The maximum absolute atomic E-state index is 12.0. The summed E-state index contributed by atoms with van der Waals surface area (Å²) in [4.78, 5) is 34.8. The third-order valence-corrected chi connectivity index (χ3v) is 3.36. The summed E-state index contributed by atoms with van der Waals surface area (Å²) < 4.78 is 5.48. The molecule has 0 bridgehead atoms. The van der Waals surface area contributed by atoms with Crippen molar-refractivity contribution in [3.05, 3.63) is 53.6 Å². The molecule has 0 aliphatic rings. The molecule has 0 spiro atoms. The van der Waals surface area contributed by atoms with Crippen LogP contribution in [0, 0.1) is 11.3 Å². The van der Waals surface area contributed by atoms with Gasteiger partial charge in [0.25, 0.3) is 5.91 Å². The third-order valence-electron chi connectivity index (χ3n) is 3.36. The Kier molecular flexibility index (Phi) is 6.06. The Bertz CT molecular complexity index is 883. The summed E-state index contributed by atoms with van der Waals surface area (Å²) in [6.07, 6.45) is 0. The van der Waals surface area contributed by atoms with E-state index in [1.54, 1.807) is 36.4 Å². The van der Waals surface area contributed by atoms with Crippen molar-refractivity contribution in [2.45, 2.75) is 13.8 Å². The van der Waals surface area contributed by atoms with E-state index in [1.807, 2.05) is 6.07 Å². The van der Waals surface area contributed by atoms with Gasteiger partial charge in [0.1, 0.15) is 5.75 Å². The second-order valence-corrected chi connectivity index (χ2v) is 5.47. The van der Waals surface area contributed by atoms with Gasteiger partial charge >= 0.3 is 0 Å². The Labute approximate surface area is 150 Å². The molecule has 7 heteroatoms. The van der Waals surface area contributed by atoms with Crippen molar-refractivity contribution in [1.82, 2.24) is 0 Å². The van der Waals surface area contributed by atoms with Gasteiger partial charge in [0.2, 0.25) is 5.91 Å². The maximum atomic E-state index is 12.0. The topological polar surface area (TPSA) is 108 Å². The summed E-state index contributed by atoms with van der Waals surface area (Å²) in [7, 11) is 0. The van der Waals surface area contributed by atoms with Gasteiger partial charge in [-0.2, -0.15) is 5.26 Å². The predicted octanol–water partition coefficient (Wildman–Crippen LogP) is 2.74. The number of ether oxygens (including phenoxy) is 1. The van der Waals surface area contributed by atoms with Crippen LogP contribution >= 0.6 is 0 Å². The second-order valence-electron chi connectivity index (χ2n) is 5.47. The molecule has 132 valence electrons. The lowest BCUT2D eigenvalue weighted by atomic mass is 10.1. The Morgan fingerprint density at radius 2 is 1.73 bits per heavy atom. The van der Waals surface area contributed by atoms with Crippen molar-refractivity contribution in [3.63, 3.8) is 0 Å². The van der Waals surface area contributed by atoms with Crippen molar-refractivity contribution in [2.24, 2.45) is 0 Å². The first-order valence-corrected chi connectivity index (χ1v) is 7.74. The molecule has 2 aromatic rings. The first-order valence-electron chi connectivity index (χ1n) is 7.74. The Hall–Kier alpha value is -3.66. The molecule has 0 aliphatic heterocycles. The summed E-state index contributed by atoms with van der Waals surface area (Å²) in [5.41, 5.74) is 1.78. The van der Waals surface area contributed by atoms with Crippen LogP contribution in [0.5, 0.6) is 5.75 Å². The minimum absolute atomic E-state index is 0.161. The number of rotatable bonds is 6.